The minimum atomic E-state index is 0.739. The molecule has 0 aliphatic heterocycles. The van der Waals surface area contributed by atoms with Gasteiger partial charge in [0, 0.05) is 11.0 Å². The van der Waals surface area contributed by atoms with E-state index < -0.39 is 0 Å². The van der Waals surface area contributed by atoms with Crippen molar-refractivity contribution in [1.82, 2.24) is 0 Å². The first-order valence-corrected chi connectivity index (χ1v) is 6.81. The summed E-state index contributed by atoms with van der Waals surface area (Å²) >= 11 is 4.38. The number of hydrogen-bond acceptors (Lipinski definition) is 3. The molecule has 0 bridgehead atoms. The highest BCUT2D eigenvalue weighted by molar-refractivity contribution is 7.80. The Morgan fingerprint density at radius 2 is 1.65 bits per heavy atom. The fourth-order valence-corrected chi connectivity index (χ4v) is 1.56. The molecule has 0 spiro atoms. The molecule has 1 rings (SSSR count). The Morgan fingerprint density at radius 3 is 2.29 bits per heavy atom. The zero-order valence-corrected chi connectivity index (χ0v) is 11.6. The van der Waals surface area contributed by atoms with Gasteiger partial charge in [0.05, 0.1) is 13.2 Å². The van der Waals surface area contributed by atoms with E-state index >= 15 is 0 Å². The predicted octanol–water partition coefficient (Wildman–Crippen LogP) is 4.33. The monoisotopic (exact) mass is 254 g/mol. The van der Waals surface area contributed by atoms with Gasteiger partial charge in [0.2, 0.25) is 0 Å². The Labute approximate surface area is 110 Å². The van der Waals surface area contributed by atoms with Crippen LogP contribution in [-0.2, 0) is 0 Å². The number of benzene rings is 1. The van der Waals surface area contributed by atoms with Gasteiger partial charge in [-0.15, -0.1) is 12.6 Å². The summed E-state index contributed by atoms with van der Waals surface area (Å²) in [6.07, 6.45) is 4.42. The summed E-state index contributed by atoms with van der Waals surface area (Å²) in [6.45, 7) is 5.80. The first-order valence-electron chi connectivity index (χ1n) is 6.36. The molecule has 0 heterocycles. The van der Waals surface area contributed by atoms with Crippen LogP contribution in [0.4, 0.5) is 0 Å². The molecule has 0 aliphatic carbocycles. The van der Waals surface area contributed by atoms with Crippen LogP contribution in [0.2, 0.25) is 0 Å². The third kappa shape index (κ3) is 5.35. The Balaban J connectivity index is 2.53. The summed E-state index contributed by atoms with van der Waals surface area (Å²) in [6, 6.07) is 5.78. The number of ether oxygens (including phenoxy) is 2. The molecule has 0 atom stereocenters. The quantitative estimate of drug-likeness (QED) is 0.550. The van der Waals surface area contributed by atoms with Gasteiger partial charge in [-0.25, -0.2) is 0 Å². The van der Waals surface area contributed by atoms with Crippen LogP contribution in [0.1, 0.15) is 39.5 Å². The summed E-state index contributed by atoms with van der Waals surface area (Å²) < 4.78 is 11.3. The summed E-state index contributed by atoms with van der Waals surface area (Å²) in [7, 11) is 0. The zero-order chi connectivity index (χ0) is 12.5. The smallest absolute Gasteiger partial charge is 0.136 e. The first kappa shape index (κ1) is 14.2. The van der Waals surface area contributed by atoms with Gasteiger partial charge in [0.1, 0.15) is 11.5 Å². The molecular formula is C14H22O2S. The Bertz CT molecular complexity index is 326. The van der Waals surface area contributed by atoms with E-state index in [1.54, 1.807) is 0 Å². The number of unbranched alkanes of at least 4 members (excludes halogenated alkanes) is 2. The molecule has 2 nitrogen and oxygen atoms in total. The SMILES string of the molecule is CCCCOc1ccc(S)c(OCCCC)c1. The fourth-order valence-electron chi connectivity index (χ4n) is 1.36. The maximum atomic E-state index is 5.67. The molecule has 17 heavy (non-hydrogen) atoms. The zero-order valence-electron chi connectivity index (χ0n) is 10.7. The standard InChI is InChI=1S/C14H22O2S/c1-3-5-9-15-12-7-8-14(17)13(11-12)16-10-6-4-2/h7-8,11,17H,3-6,9-10H2,1-2H3. The largest absolute Gasteiger partial charge is 0.493 e. The molecule has 3 heteroatoms. The van der Waals surface area contributed by atoms with Crippen LogP contribution < -0.4 is 9.47 Å². The van der Waals surface area contributed by atoms with Crippen molar-refractivity contribution < 1.29 is 9.47 Å². The van der Waals surface area contributed by atoms with E-state index in [1.165, 1.54) is 0 Å². The molecule has 0 saturated carbocycles. The lowest BCUT2D eigenvalue weighted by molar-refractivity contribution is 0.289. The van der Waals surface area contributed by atoms with E-state index in [4.69, 9.17) is 9.47 Å². The summed E-state index contributed by atoms with van der Waals surface area (Å²) in [5.74, 6) is 1.68. The average Bonchev–Trinajstić information content (AvgIpc) is 2.33. The minimum Gasteiger partial charge on any atom is -0.493 e. The second-order valence-corrected chi connectivity index (χ2v) is 4.52. The lowest BCUT2D eigenvalue weighted by atomic mass is 10.3. The molecule has 0 aromatic heterocycles. The number of thiol groups is 1. The first-order chi connectivity index (χ1) is 8.27. The van der Waals surface area contributed by atoms with Crippen LogP contribution >= 0.6 is 12.6 Å². The van der Waals surface area contributed by atoms with Crippen molar-refractivity contribution in [2.24, 2.45) is 0 Å². The van der Waals surface area contributed by atoms with Crippen LogP contribution in [0.15, 0.2) is 23.1 Å². The lowest BCUT2D eigenvalue weighted by Crippen LogP contribution is -1.99. The Kier molecular flexibility index (Phi) is 6.94. The van der Waals surface area contributed by atoms with Crippen LogP contribution in [0.25, 0.3) is 0 Å². The van der Waals surface area contributed by atoms with Gasteiger partial charge in [-0.3, -0.25) is 0 Å². The highest BCUT2D eigenvalue weighted by atomic mass is 32.1. The third-order valence-electron chi connectivity index (χ3n) is 2.45. The molecule has 0 amide bonds. The molecule has 0 fully saturated rings. The fraction of sp³-hybridized carbons (Fsp3) is 0.571. The van der Waals surface area contributed by atoms with E-state index in [1.807, 2.05) is 18.2 Å². The van der Waals surface area contributed by atoms with Gasteiger partial charge >= 0.3 is 0 Å². The normalized spacial score (nSPS) is 10.3. The van der Waals surface area contributed by atoms with Gasteiger partial charge in [-0.1, -0.05) is 26.7 Å². The topological polar surface area (TPSA) is 18.5 Å². The second kappa shape index (κ2) is 8.29. The van der Waals surface area contributed by atoms with Crippen molar-refractivity contribution in [2.75, 3.05) is 13.2 Å². The van der Waals surface area contributed by atoms with E-state index in [0.717, 1.165) is 55.3 Å². The van der Waals surface area contributed by atoms with Crippen molar-refractivity contribution in [3.05, 3.63) is 18.2 Å². The van der Waals surface area contributed by atoms with Crippen LogP contribution in [0.5, 0.6) is 11.5 Å². The maximum Gasteiger partial charge on any atom is 0.136 e. The molecular weight excluding hydrogens is 232 g/mol. The van der Waals surface area contributed by atoms with Crippen LogP contribution in [0.3, 0.4) is 0 Å². The van der Waals surface area contributed by atoms with Crippen molar-refractivity contribution in [3.8, 4) is 11.5 Å². The molecule has 0 N–H and O–H groups in total. The highest BCUT2D eigenvalue weighted by Gasteiger charge is 2.03. The van der Waals surface area contributed by atoms with Gasteiger partial charge in [-0.05, 0) is 25.0 Å². The van der Waals surface area contributed by atoms with E-state index in [-0.39, 0.29) is 0 Å². The highest BCUT2D eigenvalue weighted by Crippen LogP contribution is 2.28. The number of hydrogen-bond donors (Lipinski definition) is 1. The molecule has 0 radical (unpaired) electrons. The number of rotatable bonds is 8. The van der Waals surface area contributed by atoms with Crippen molar-refractivity contribution >= 4 is 12.6 Å². The molecule has 0 aliphatic rings. The molecule has 0 unspecified atom stereocenters. The van der Waals surface area contributed by atoms with Crippen molar-refractivity contribution in [2.45, 2.75) is 44.4 Å². The van der Waals surface area contributed by atoms with E-state index in [0.29, 0.717) is 0 Å². The van der Waals surface area contributed by atoms with Gasteiger partial charge in [-0.2, -0.15) is 0 Å². The Morgan fingerprint density at radius 1 is 1.00 bits per heavy atom. The molecule has 96 valence electrons. The third-order valence-corrected chi connectivity index (χ3v) is 2.82. The Hall–Kier alpha value is -0.830. The maximum absolute atomic E-state index is 5.67. The van der Waals surface area contributed by atoms with Crippen LogP contribution in [-0.4, -0.2) is 13.2 Å². The average molecular weight is 254 g/mol. The van der Waals surface area contributed by atoms with E-state index in [2.05, 4.69) is 26.5 Å². The summed E-state index contributed by atoms with van der Waals surface area (Å²) in [5.41, 5.74) is 0. The molecule has 1 aromatic carbocycles. The summed E-state index contributed by atoms with van der Waals surface area (Å²) in [5, 5.41) is 0. The van der Waals surface area contributed by atoms with Crippen molar-refractivity contribution in [1.29, 1.82) is 0 Å². The molecule has 0 saturated heterocycles. The lowest BCUT2D eigenvalue weighted by Gasteiger charge is -2.11. The summed E-state index contributed by atoms with van der Waals surface area (Å²) in [4.78, 5) is 0.865. The minimum absolute atomic E-state index is 0.739. The molecule has 1 aromatic rings. The van der Waals surface area contributed by atoms with Gasteiger partial charge in [0.15, 0.2) is 0 Å². The van der Waals surface area contributed by atoms with Crippen molar-refractivity contribution in [3.63, 3.8) is 0 Å². The van der Waals surface area contributed by atoms with Gasteiger partial charge in [0.25, 0.3) is 0 Å². The van der Waals surface area contributed by atoms with Crippen LogP contribution in [0, 0.1) is 0 Å². The van der Waals surface area contributed by atoms with E-state index in [9.17, 15) is 0 Å². The predicted molar refractivity (Wildman–Crippen MR) is 74.5 cm³/mol. The second-order valence-electron chi connectivity index (χ2n) is 4.03. The van der Waals surface area contributed by atoms with Gasteiger partial charge < -0.3 is 9.47 Å².